The summed E-state index contributed by atoms with van der Waals surface area (Å²) in [7, 11) is 1.72. The number of fused-ring (bicyclic) bond motifs is 1. The van der Waals surface area contributed by atoms with Crippen LogP contribution in [0.5, 0.6) is 0 Å². The number of aliphatic hydroxyl groups is 1. The lowest BCUT2D eigenvalue weighted by Gasteiger charge is -2.18. The van der Waals surface area contributed by atoms with Gasteiger partial charge in [-0.25, -0.2) is 0 Å². The number of rotatable bonds is 7. The van der Waals surface area contributed by atoms with Crippen molar-refractivity contribution < 1.29 is 14.7 Å². The highest BCUT2D eigenvalue weighted by Crippen LogP contribution is 2.23. The summed E-state index contributed by atoms with van der Waals surface area (Å²) in [6.45, 7) is 2.22. The summed E-state index contributed by atoms with van der Waals surface area (Å²) >= 11 is 0. The van der Waals surface area contributed by atoms with E-state index in [-0.39, 0.29) is 24.5 Å². The van der Waals surface area contributed by atoms with E-state index < -0.39 is 6.10 Å². The van der Waals surface area contributed by atoms with Crippen molar-refractivity contribution in [1.29, 1.82) is 0 Å². The largest absolute Gasteiger partial charge is 0.393 e. The molecule has 126 valence electrons. The summed E-state index contributed by atoms with van der Waals surface area (Å²) in [5.74, 6) is -0.00684. The Bertz CT molecular complexity index is 566. The normalized spacial score (nSPS) is 14.9. The molecule has 4 nitrogen and oxygen atoms in total. The smallest absolute Gasteiger partial charge is 0.222 e. The van der Waals surface area contributed by atoms with Crippen molar-refractivity contribution in [3.63, 3.8) is 0 Å². The zero-order chi connectivity index (χ0) is 16.8. The topological polar surface area (TPSA) is 57.6 Å². The first-order chi connectivity index (χ1) is 11.0. The first kappa shape index (κ1) is 17.7. The van der Waals surface area contributed by atoms with Crippen LogP contribution in [-0.4, -0.2) is 41.4 Å². The zero-order valence-electron chi connectivity index (χ0n) is 14.2. The molecule has 23 heavy (non-hydrogen) atoms. The number of aryl methyl sites for hydroxylation is 2. The second-order valence-electron chi connectivity index (χ2n) is 6.57. The second-order valence-corrected chi connectivity index (χ2v) is 6.57. The van der Waals surface area contributed by atoms with Gasteiger partial charge in [-0.05, 0) is 56.2 Å². The van der Waals surface area contributed by atoms with E-state index in [0.717, 1.165) is 18.4 Å². The molecule has 0 saturated carbocycles. The van der Waals surface area contributed by atoms with Crippen molar-refractivity contribution in [2.45, 2.75) is 58.0 Å². The van der Waals surface area contributed by atoms with Gasteiger partial charge in [-0.1, -0.05) is 12.1 Å². The second kappa shape index (κ2) is 8.25. The third-order valence-electron chi connectivity index (χ3n) is 4.54. The fourth-order valence-electron chi connectivity index (χ4n) is 2.97. The van der Waals surface area contributed by atoms with Gasteiger partial charge in [0.1, 0.15) is 0 Å². The number of amides is 1. The van der Waals surface area contributed by atoms with Crippen molar-refractivity contribution >= 4 is 11.7 Å². The van der Waals surface area contributed by atoms with Crippen LogP contribution in [0.4, 0.5) is 0 Å². The van der Waals surface area contributed by atoms with Gasteiger partial charge in [0.2, 0.25) is 5.91 Å². The van der Waals surface area contributed by atoms with E-state index in [1.54, 1.807) is 18.9 Å². The number of hydrogen-bond acceptors (Lipinski definition) is 3. The molecule has 1 aromatic rings. The molecular weight excluding hydrogens is 290 g/mol. The Kier molecular flexibility index (Phi) is 6.34. The van der Waals surface area contributed by atoms with Crippen LogP contribution < -0.4 is 0 Å². The number of ketones is 1. The van der Waals surface area contributed by atoms with Gasteiger partial charge in [-0.15, -0.1) is 0 Å². The average molecular weight is 317 g/mol. The summed E-state index contributed by atoms with van der Waals surface area (Å²) in [6, 6.07) is 5.98. The molecule has 1 N–H and O–H groups in total. The van der Waals surface area contributed by atoms with Crippen LogP contribution in [0.1, 0.15) is 60.5 Å². The SMILES string of the molecule is CC(O)CCN(C)C(=O)CCC(=O)c1ccc2c(c1)CCCC2. The lowest BCUT2D eigenvalue weighted by molar-refractivity contribution is -0.130. The molecule has 0 spiro atoms. The van der Waals surface area contributed by atoms with Crippen LogP contribution in [0.15, 0.2) is 18.2 Å². The van der Waals surface area contributed by atoms with Crippen molar-refractivity contribution in [2.24, 2.45) is 0 Å². The number of benzene rings is 1. The minimum absolute atomic E-state index is 0.0376. The van der Waals surface area contributed by atoms with Gasteiger partial charge in [-0.2, -0.15) is 0 Å². The maximum atomic E-state index is 12.3. The summed E-state index contributed by atoms with van der Waals surface area (Å²) in [4.78, 5) is 25.9. The van der Waals surface area contributed by atoms with E-state index in [1.807, 2.05) is 12.1 Å². The van der Waals surface area contributed by atoms with Gasteiger partial charge >= 0.3 is 0 Å². The first-order valence-corrected chi connectivity index (χ1v) is 8.54. The number of carbonyl (C=O) groups excluding carboxylic acids is 2. The summed E-state index contributed by atoms with van der Waals surface area (Å²) in [5.41, 5.74) is 3.38. The standard InChI is InChI=1S/C19H27NO3/c1-14(21)11-12-20(2)19(23)10-9-18(22)17-8-7-15-5-3-4-6-16(15)13-17/h7-8,13-14,21H,3-6,9-12H2,1-2H3. The Hall–Kier alpha value is -1.68. The molecule has 1 amide bonds. The van der Waals surface area contributed by atoms with Gasteiger partial charge in [0.05, 0.1) is 6.10 Å². The predicted octanol–water partition coefficient (Wildman–Crippen LogP) is 2.76. The molecule has 0 radical (unpaired) electrons. The molecule has 0 heterocycles. The zero-order valence-corrected chi connectivity index (χ0v) is 14.2. The van der Waals surface area contributed by atoms with Crippen molar-refractivity contribution in [3.8, 4) is 0 Å². The summed E-state index contributed by atoms with van der Waals surface area (Å²) < 4.78 is 0. The average Bonchev–Trinajstić information content (AvgIpc) is 2.56. The first-order valence-electron chi connectivity index (χ1n) is 8.54. The number of carbonyl (C=O) groups is 2. The quantitative estimate of drug-likeness (QED) is 0.787. The Morgan fingerprint density at radius 2 is 1.87 bits per heavy atom. The highest BCUT2D eigenvalue weighted by molar-refractivity contribution is 5.98. The van der Waals surface area contributed by atoms with E-state index in [4.69, 9.17) is 0 Å². The van der Waals surface area contributed by atoms with E-state index in [1.165, 1.54) is 24.0 Å². The van der Waals surface area contributed by atoms with Crippen LogP contribution in [0.2, 0.25) is 0 Å². The molecule has 2 rings (SSSR count). The van der Waals surface area contributed by atoms with E-state index in [9.17, 15) is 14.7 Å². The molecule has 4 heteroatoms. The third-order valence-corrected chi connectivity index (χ3v) is 4.54. The van der Waals surface area contributed by atoms with E-state index in [2.05, 4.69) is 6.07 Å². The van der Waals surface area contributed by atoms with Gasteiger partial charge in [0.25, 0.3) is 0 Å². The number of nitrogens with zero attached hydrogens (tertiary/aromatic N) is 1. The fourth-order valence-corrected chi connectivity index (χ4v) is 2.97. The fraction of sp³-hybridized carbons (Fsp3) is 0.579. The van der Waals surface area contributed by atoms with Gasteiger partial charge in [0, 0.05) is 32.0 Å². The minimum Gasteiger partial charge on any atom is -0.393 e. The lowest BCUT2D eigenvalue weighted by Crippen LogP contribution is -2.29. The number of Topliss-reactive ketones (excluding diaryl/α,β-unsaturated/α-hetero) is 1. The van der Waals surface area contributed by atoms with E-state index in [0.29, 0.717) is 13.0 Å². The predicted molar refractivity (Wildman–Crippen MR) is 90.6 cm³/mol. The van der Waals surface area contributed by atoms with Crippen molar-refractivity contribution in [2.75, 3.05) is 13.6 Å². The van der Waals surface area contributed by atoms with Crippen LogP contribution in [-0.2, 0) is 17.6 Å². The molecule has 0 bridgehead atoms. The van der Waals surface area contributed by atoms with Crippen LogP contribution in [0, 0.1) is 0 Å². The number of aliphatic hydroxyl groups excluding tert-OH is 1. The van der Waals surface area contributed by atoms with Gasteiger partial charge < -0.3 is 10.0 Å². The van der Waals surface area contributed by atoms with Crippen molar-refractivity contribution in [3.05, 3.63) is 34.9 Å². The van der Waals surface area contributed by atoms with Gasteiger partial charge in [0.15, 0.2) is 5.78 Å². The Morgan fingerprint density at radius 1 is 1.17 bits per heavy atom. The lowest BCUT2D eigenvalue weighted by atomic mass is 9.89. The summed E-state index contributed by atoms with van der Waals surface area (Å²) in [6.07, 6.45) is 5.20. The van der Waals surface area contributed by atoms with Crippen molar-refractivity contribution in [1.82, 2.24) is 4.90 Å². The molecule has 0 saturated heterocycles. The maximum absolute atomic E-state index is 12.3. The maximum Gasteiger partial charge on any atom is 0.222 e. The molecule has 0 aliphatic heterocycles. The monoisotopic (exact) mass is 317 g/mol. The van der Waals surface area contributed by atoms with Crippen LogP contribution in [0.3, 0.4) is 0 Å². The minimum atomic E-state index is -0.414. The molecule has 1 unspecified atom stereocenters. The van der Waals surface area contributed by atoms with E-state index >= 15 is 0 Å². The molecule has 1 aliphatic rings. The Morgan fingerprint density at radius 3 is 2.57 bits per heavy atom. The highest BCUT2D eigenvalue weighted by Gasteiger charge is 2.15. The van der Waals surface area contributed by atoms with Gasteiger partial charge in [-0.3, -0.25) is 9.59 Å². The molecule has 0 fully saturated rings. The molecule has 1 aliphatic carbocycles. The van der Waals surface area contributed by atoms with Crippen LogP contribution in [0.25, 0.3) is 0 Å². The highest BCUT2D eigenvalue weighted by atomic mass is 16.3. The molecule has 1 aromatic carbocycles. The molecule has 0 aromatic heterocycles. The van der Waals surface area contributed by atoms with Crippen LogP contribution >= 0.6 is 0 Å². The Labute approximate surface area is 138 Å². The summed E-state index contributed by atoms with van der Waals surface area (Å²) in [5, 5.41) is 9.25. The number of hydrogen-bond donors (Lipinski definition) is 1. The molecule has 1 atom stereocenters. The molecular formula is C19H27NO3. The Balaban J connectivity index is 1.86. The third kappa shape index (κ3) is 5.17.